The zero-order chi connectivity index (χ0) is 42.7. The summed E-state index contributed by atoms with van der Waals surface area (Å²) in [6.07, 6.45) is 30.5. The highest BCUT2D eigenvalue weighted by molar-refractivity contribution is 7.85. The van der Waals surface area contributed by atoms with Gasteiger partial charge in [-0.25, -0.2) is 0 Å². The molecule has 0 aromatic heterocycles. The first-order valence-electron chi connectivity index (χ1n) is 22.5. The lowest BCUT2D eigenvalue weighted by Gasteiger charge is -2.40. The Balaban J connectivity index is 2.49. The van der Waals surface area contributed by atoms with Crippen molar-refractivity contribution in [3.63, 3.8) is 0 Å². The van der Waals surface area contributed by atoms with Crippen molar-refractivity contribution in [2.75, 3.05) is 19.0 Å². The molecule has 13 heteroatoms. The van der Waals surface area contributed by atoms with Gasteiger partial charge in [-0.2, -0.15) is 8.42 Å². The van der Waals surface area contributed by atoms with Crippen molar-refractivity contribution in [2.45, 2.75) is 218 Å². The third-order valence-electron chi connectivity index (χ3n) is 10.2. The monoisotopic (exact) mass is 845 g/mol. The number of carbonyl (C=O) groups is 2. The molecule has 0 saturated carbocycles. The molecular formula is C45H80O12S. The van der Waals surface area contributed by atoms with Crippen molar-refractivity contribution >= 4 is 22.1 Å². The average Bonchev–Trinajstić information content (AvgIpc) is 3.18. The van der Waals surface area contributed by atoms with Crippen molar-refractivity contribution in [1.82, 2.24) is 0 Å². The van der Waals surface area contributed by atoms with E-state index in [1.807, 2.05) is 0 Å². The molecule has 1 saturated heterocycles. The van der Waals surface area contributed by atoms with Crippen LogP contribution in [-0.2, 0) is 38.7 Å². The van der Waals surface area contributed by atoms with Crippen LogP contribution in [0.3, 0.4) is 0 Å². The van der Waals surface area contributed by atoms with Crippen LogP contribution < -0.4 is 0 Å². The van der Waals surface area contributed by atoms with Gasteiger partial charge in [0.2, 0.25) is 0 Å². The van der Waals surface area contributed by atoms with Crippen LogP contribution in [0.2, 0.25) is 0 Å². The topological polar surface area (TPSA) is 186 Å². The van der Waals surface area contributed by atoms with Gasteiger partial charge in [0.15, 0.2) is 12.4 Å². The fourth-order valence-corrected chi connectivity index (χ4v) is 7.33. The van der Waals surface area contributed by atoms with Crippen LogP contribution in [0.1, 0.15) is 181 Å². The molecule has 0 amide bonds. The van der Waals surface area contributed by atoms with E-state index in [0.29, 0.717) is 12.8 Å². The third-order valence-corrected chi connectivity index (χ3v) is 10.9. The Morgan fingerprint density at radius 3 is 1.53 bits per heavy atom. The average molecular weight is 845 g/mol. The molecule has 0 radical (unpaired) electrons. The first-order valence-corrected chi connectivity index (χ1v) is 24.2. The molecule has 0 aromatic carbocycles. The molecule has 1 aliphatic heterocycles. The molecule has 1 aliphatic rings. The second-order valence-electron chi connectivity index (χ2n) is 15.7. The Labute approximate surface area is 351 Å². The number of aliphatic hydroxyl groups is 3. The predicted octanol–water partition coefficient (Wildman–Crippen LogP) is 9.00. The van der Waals surface area contributed by atoms with E-state index in [1.54, 1.807) is 0 Å². The van der Waals surface area contributed by atoms with Crippen LogP contribution in [0.4, 0.5) is 0 Å². The van der Waals surface area contributed by atoms with Crippen molar-refractivity contribution in [2.24, 2.45) is 0 Å². The normalized spacial score (nSPS) is 20.7. The highest BCUT2D eigenvalue weighted by atomic mass is 32.2. The second kappa shape index (κ2) is 35.6. The SMILES string of the molecule is CCCCCCCC/C=C/C/C=C/CCCCC(=O)OC[C@H](CO[C@H]1O[C@H](CS(=O)(=O)O)[C@@H](O)C(O)C1O)OC(=O)CCCC/C=C/CCCCCCCCCCC. The van der Waals surface area contributed by atoms with E-state index in [1.165, 1.54) is 96.3 Å². The summed E-state index contributed by atoms with van der Waals surface area (Å²) in [4.78, 5) is 25.4. The van der Waals surface area contributed by atoms with E-state index in [9.17, 15) is 37.9 Å². The molecule has 0 aliphatic carbocycles. The molecular weight excluding hydrogens is 765 g/mol. The fourth-order valence-electron chi connectivity index (χ4n) is 6.64. The molecule has 0 spiro atoms. The minimum absolute atomic E-state index is 0.128. The van der Waals surface area contributed by atoms with Gasteiger partial charge in [-0.05, 0) is 70.6 Å². The number of hydrogen-bond donors (Lipinski definition) is 4. The Morgan fingerprint density at radius 1 is 0.586 bits per heavy atom. The predicted molar refractivity (Wildman–Crippen MR) is 229 cm³/mol. The molecule has 338 valence electrons. The van der Waals surface area contributed by atoms with E-state index >= 15 is 0 Å². The summed E-state index contributed by atoms with van der Waals surface area (Å²) in [6, 6.07) is 0. The van der Waals surface area contributed by atoms with Crippen LogP contribution >= 0.6 is 0 Å². The standard InChI is InChI=1S/C45H80O12S/c1-3-5-7-9-11-13-15-17-19-21-23-25-27-29-31-33-40(46)54-35-38(36-55-45-44(50)43(49)42(48)39(57-45)37-58(51,52)53)56-41(47)34-32-30-28-26-24-22-20-18-16-14-12-10-8-6-4-2/h17,19,23-26,38-39,42-45,48-50H,3-16,18,20-22,27-37H2,1-2H3,(H,51,52,53)/b19-17+,25-23+,26-24+/t38-,39-,42-,43?,44?,45+/m1/s1. The highest BCUT2D eigenvalue weighted by Gasteiger charge is 2.46. The fraction of sp³-hybridized carbons (Fsp3) is 0.822. The summed E-state index contributed by atoms with van der Waals surface area (Å²) in [6.45, 7) is 3.70. The molecule has 0 aromatic rings. The van der Waals surface area contributed by atoms with Crippen LogP contribution in [0.25, 0.3) is 0 Å². The van der Waals surface area contributed by atoms with Gasteiger partial charge in [0, 0.05) is 12.8 Å². The maximum Gasteiger partial charge on any atom is 0.306 e. The van der Waals surface area contributed by atoms with Crippen LogP contribution in [-0.4, -0.2) is 96.0 Å². The molecule has 1 rings (SSSR count). The molecule has 2 unspecified atom stereocenters. The first kappa shape index (κ1) is 53.9. The quantitative estimate of drug-likeness (QED) is 0.0202. The Morgan fingerprint density at radius 2 is 1.03 bits per heavy atom. The van der Waals surface area contributed by atoms with E-state index in [0.717, 1.165) is 44.9 Å². The molecule has 4 N–H and O–H groups in total. The van der Waals surface area contributed by atoms with Gasteiger partial charge in [0.05, 0.1) is 6.61 Å². The number of ether oxygens (including phenoxy) is 4. The highest BCUT2D eigenvalue weighted by Crippen LogP contribution is 2.24. The van der Waals surface area contributed by atoms with E-state index in [-0.39, 0.29) is 19.4 Å². The van der Waals surface area contributed by atoms with Crippen molar-refractivity contribution < 1.29 is 56.8 Å². The molecule has 12 nitrogen and oxygen atoms in total. The zero-order valence-corrected chi connectivity index (χ0v) is 36.7. The summed E-state index contributed by atoms with van der Waals surface area (Å²) < 4.78 is 54.0. The van der Waals surface area contributed by atoms with Crippen LogP contribution in [0, 0.1) is 0 Å². The Hall–Kier alpha value is -2.13. The Kier molecular flexibility index (Phi) is 33.1. The minimum Gasteiger partial charge on any atom is -0.462 e. The van der Waals surface area contributed by atoms with E-state index < -0.39 is 71.2 Å². The van der Waals surface area contributed by atoms with Crippen molar-refractivity contribution in [3.8, 4) is 0 Å². The van der Waals surface area contributed by atoms with Gasteiger partial charge in [0.1, 0.15) is 36.8 Å². The van der Waals surface area contributed by atoms with Gasteiger partial charge in [0.25, 0.3) is 10.1 Å². The number of hydrogen-bond acceptors (Lipinski definition) is 11. The lowest BCUT2D eigenvalue weighted by Crippen LogP contribution is -2.60. The number of unbranched alkanes of at least 4 members (excludes halogenated alkanes) is 19. The first-order chi connectivity index (χ1) is 28.0. The van der Waals surface area contributed by atoms with Gasteiger partial charge < -0.3 is 34.3 Å². The van der Waals surface area contributed by atoms with Crippen molar-refractivity contribution in [1.29, 1.82) is 0 Å². The summed E-state index contributed by atoms with van der Waals surface area (Å²) in [5.74, 6) is -2.05. The summed E-state index contributed by atoms with van der Waals surface area (Å²) >= 11 is 0. The summed E-state index contributed by atoms with van der Waals surface area (Å²) in [5.41, 5.74) is 0. The minimum atomic E-state index is -4.61. The van der Waals surface area contributed by atoms with Gasteiger partial charge in [-0.1, -0.05) is 134 Å². The lowest BCUT2D eigenvalue weighted by molar-refractivity contribution is -0.297. The van der Waals surface area contributed by atoms with Crippen molar-refractivity contribution in [3.05, 3.63) is 36.5 Å². The molecule has 0 bridgehead atoms. The maximum atomic E-state index is 12.8. The van der Waals surface area contributed by atoms with Crippen LogP contribution in [0.15, 0.2) is 36.5 Å². The number of aliphatic hydroxyl groups excluding tert-OH is 3. The number of carbonyl (C=O) groups excluding carboxylic acids is 2. The lowest BCUT2D eigenvalue weighted by atomic mass is 10.00. The molecule has 58 heavy (non-hydrogen) atoms. The zero-order valence-electron chi connectivity index (χ0n) is 35.9. The smallest absolute Gasteiger partial charge is 0.306 e. The van der Waals surface area contributed by atoms with E-state index in [2.05, 4.69) is 50.3 Å². The van der Waals surface area contributed by atoms with Gasteiger partial charge in [-0.3, -0.25) is 14.1 Å². The maximum absolute atomic E-state index is 12.8. The summed E-state index contributed by atoms with van der Waals surface area (Å²) in [7, 11) is -4.61. The third kappa shape index (κ3) is 30.0. The van der Waals surface area contributed by atoms with Gasteiger partial charge >= 0.3 is 11.9 Å². The second-order valence-corrected chi connectivity index (χ2v) is 17.2. The van der Waals surface area contributed by atoms with Crippen LogP contribution in [0.5, 0.6) is 0 Å². The number of rotatable bonds is 37. The van der Waals surface area contributed by atoms with E-state index in [4.69, 9.17) is 18.9 Å². The molecule has 1 heterocycles. The molecule has 1 fully saturated rings. The summed E-state index contributed by atoms with van der Waals surface area (Å²) in [5, 5.41) is 30.8. The Bertz CT molecular complexity index is 1220. The van der Waals surface area contributed by atoms with Gasteiger partial charge in [-0.15, -0.1) is 0 Å². The largest absolute Gasteiger partial charge is 0.462 e. The number of allylic oxidation sites excluding steroid dienone is 6. The number of esters is 2. The molecule has 6 atom stereocenters.